The third-order valence-corrected chi connectivity index (χ3v) is 2.64. The number of amides is 3. The number of primary amides is 1. The average molecular weight is 291 g/mol. The van der Waals surface area contributed by atoms with E-state index in [9.17, 15) is 14.4 Å². The Kier molecular flexibility index (Phi) is 5.07. The molecule has 3 N–H and O–H groups in total. The van der Waals surface area contributed by atoms with Crippen LogP contribution in [-0.2, 0) is 4.79 Å². The van der Waals surface area contributed by atoms with Gasteiger partial charge in [-0.25, -0.2) is 0 Å². The molecule has 0 aliphatic carbocycles. The monoisotopic (exact) mass is 291 g/mol. The molecular weight excluding hydrogens is 270 g/mol. The number of carbonyl (C=O) groups excluding carboxylic acids is 3. The molecule has 0 fully saturated rings. The first-order valence-corrected chi connectivity index (χ1v) is 6.56. The quantitative estimate of drug-likeness (QED) is 0.858. The predicted molar refractivity (Wildman–Crippen MR) is 79.8 cm³/mol. The van der Waals surface area contributed by atoms with Gasteiger partial charge in [-0.1, -0.05) is 6.07 Å². The number of hydrogen-bond acceptors (Lipinski definition) is 3. The van der Waals surface area contributed by atoms with Crippen molar-refractivity contribution < 1.29 is 14.4 Å². The van der Waals surface area contributed by atoms with Crippen molar-refractivity contribution in [2.45, 2.75) is 26.3 Å². The van der Waals surface area contributed by atoms with E-state index in [1.54, 1.807) is 12.1 Å². The van der Waals surface area contributed by atoms with Crippen LogP contribution in [-0.4, -0.2) is 41.8 Å². The maximum absolute atomic E-state index is 12.2. The maximum Gasteiger partial charge on any atom is 0.254 e. The molecule has 1 rings (SSSR count). The van der Waals surface area contributed by atoms with E-state index in [1.165, 1.54) is 24.1 Å². The zero-order valence-electron chi connectivity index (χ0n) is 12.8. The van der Waals surface area contributed by atoms with Crippen LogP contribution in [0.3, 0.4) is 0 Å². The van der Waals surface area contributed by atoms with Gasteiger partial charge in [0.1, 0.15) is 0 Å². The van der Waals surface area contributed by atoms with Gasteiger partial charge in [0.15, 0.2) is 0 Å². The van der Waals surface area contributed by atoms with Crippen molar-refractivity contribution in [3.63, 3.8) is 0 Å². The van der Waals surface area contributed by atoms with Crippen molar-refractivity contribution in [3.8, 4) is 0 Å². The van der Waals surface area contributed by atoms with Gasteiger partial charge in [-0.15, -0.1) is 0 Å². The van der Waals surface area contributed by atoms with Crippen molar-refractivity contribution in [1.29, 1.82) is 0 Å². The topological polar surface area (TPSA) is 92.5 Å². The van der Waals surface area contributed by atoms with E-state index >= 15 is 0 Å². The molecular formula is C15H21N3O3. The largest absolute Gasteiger partial charge is 0.366 e. The minimum absolute atomic E-state index is 0.0586. The van der Waals surface area contributed by atoms with Gasteiger partial charge in [0.2, 0.25) is 11.8 Å². The van der Waals surface area contributed by atoms with E-state index in [0.717, 1.165) is 0 Å². The van der Waals surface area contributed by atoms with Gasteiger partial charge < -0.3 is 16.0 Å². The molecule has 0 aliphatic rings. The Hall–Kier alpha value is -2.37. The Morgan fingerprint density at radius 1 is 1.19 bits per heavy atom. The van der Waals surface area contributed by atoms with Crippen LogP contribution in [0.4, 0.5) is 0 Å². The van der Waals surface area contributed by atoms with Crippen LogP contribution < -0.4 is 11.1 Å². The van der Waals surface area contributed by atoms with Crippen LogP contribution >= 0.6 is 0 Å². The highest BCUT2D eigenvalue weighted by atomic mass is 16.2. The summed E-state index contributed by atoms with van der Waals surface area (Å²) in [5.74, 6) is -1.19. The number of carbonyl (C=O) groups is 3. The maximum atomic E-state index is 12.2. The third kappa shape index (κ3) is 5.25. The minimum Gasteiger partial charge on any atom is -0.366 e. The molecule has 0 heterocycles. The van der Waals surface area contributed by atoms with E-state index in [1.807, 2.05) is 20.8 Å². The second-order valence-electron chi connectivity index (χ2n) is 5.90. The lowest BCUT2D eigenvalue weighted by molar-refractivity contribution is -0.122. The predicted octanol–water partition coefficient (Wildman–Crippen LogP) is 0.772. The summed E-state index contributed by atoms with van der Waals surface area (Å²) in [7, 11) is 1.53. The van der Waals surface area contributed by atoms with Crippen molar-refractivity contribution in [1.82, 2.24) is 10.2 Å². The molecule has 0 saturated carbocycles. The number of likely N-dealkylation sites (N-methyl/N-ethyl adjacent to an activating group) is 1. The first-order chi connectivity index (χ1) is 9.60. The normalized spacial score (nSPS) is 10.9. The standard InChI is InChI=1S/C15H21N3O3/c1-15(2,3)17-12(19)9-18(4)14(21)11-7-5-6-10(8-11)13(16)20/h5-8H,9H2,1-4H3,(H2,16,20)(H,17,19). The zero-order valence-corrected chi connectivity index (χ0v) is 12.8. The highest BCUT2D eigenvalue weighted by Crippen LogP contribution is 2.08. The summed E-state index contributed by atoms with van der Waals surface area (Å²) in [6, 6.07) is 6.11. The van der Waals surface area contributed by atoms with Gasteiger partial charge >= 0.3 is 0 Å². The molecule has 0 atom stereocenters. The molecule has 0 radical (unpaired) electrons. The molecule has 0 bridgehead atoms. The summed E-state index contributed by atoms with van der Waals surface area (Å²) in [6.07, 6.45) is 0. The first kappa shape index (κ1) is 16.7. The Balaban J connectivity index is 2.77. The van der Waals surface area contributed by atoms with E-state index in [2.05, 4.69) is 5.32 Å². The fraction of sp³-hybridized carbons (Fsp3) is 0.400. The first-order valence-electron chi connectivity index (χ1n) is 6.56. The van der Waals surface area contributed by atoms with Gasteiger partial charge in [0.25, 0.3) is 5.91 Å². The second-order valence-corrected chi connectivity index (χ2v) is 5.90. The smallest absolute Gasteiger partial charge is 0.254 e. The Morgan fingerprint density at radius 3 is 2.29 bits per heavy atom. The highest BCUT2D eigenvalue weighted by molar-refractivity contribution is 6.00. The van der Waals surface area contributed by atoms with E-state index in [-0.39, 0.29) is 29.5 Å². The molecule has 6 heteroatoms. The lowest BCUT2D eigenvalue weighted by atomic mass is 10.1. The molecule has 3 amide bonds. The van der Waals surface area contributed by atoms with E-state index in [4.69, 9.17) is 5.73 Å². The SMILES string of the molecule is CN(CC(=O)NC(C)(C)C)C(=O)c1cccc(C(N)=O)c1. The molecule has 21 heavy (non-hydrogen) atoms. The summed E-state index contributed by atoms with van der Waals surface area (Å²) in [5.41, 5.74) is 5.40. The summed E-state index contributed by atoms with van der Waals surface area (Å²) >= 11 is 0. The molecule has 6 nitrogen and oxygen atoms in total. The minimum atomic E-state index is -0.599. The highest BCUT2D eigenvalue weighted by Gasteiger charge is 2.19. The summed E-state index contributed by atoms with van der Waals surface area (Å²) in [6.45, 7) is 5.53. The number of nitrogens with two attached hydrogens (primary N) is 1. The molecule has 114 valence electrons. The van der Waals surface area contributed by atoms with Crippen LogP contribution in [0.15, 0.2) is 24.3 Å². The lowest BCUT2D eigenvalue weighted by Crippen LogP contribution is -2.46. The zero-order chi connectivity index (χ0) is 16.2. The number of nitrogens with one attached hydrogen (secondary N) is 1. The van der Waals surface area contributed by atoms with Crippen molar-refractivity contribution in [2.75, 3.05) is 13.6 Å². The lowest BCUT2D eigenvalue weighted by Gasteiger charge is -2.23. The van der Waals surface area contributed by atoms with Gasteiger partial charge in [-0.2, -0.15) is 0 Å². The van der Waals surface area contributed by atoms with Crippen LogP contribution in [0.2, 0.25) is 0 Å². The van der Waals surface area contributed by atoms with E-state index in [0.29, 0.717) is 5.56 Å². The average Bonchev–Trinajstić information content (AvgIpc) is 2.35. The molecule has 1 aromatic rings. The van der Waals surface area contributed by atoms with Gasteiger partial charge in [0, 0.05) is 23.7 Å². The fourth-order valence-electron chi connectivity index (χ4n) is 1.77. The Morgan fingerprint density at radius 2 is 1.76 bits per heavy atom. The number of rotatable bonds is 4. The number of hydrogen-bond donors (Lipinski definition) is 2. The second kappa shape index (κ2) is 6.39. The molecule has 1 aromatic carbocycles. The molecule has 0 aliphatic heterocycles. The van der Waals surface area contributed by atoms with Crippen LogP contribution in [0, 0.1) is 0 Å². The molecule has 0 spiro atoms. The molecule has 0 aromatic heterocycles. The fourth-order valence-corrected chi connectivity index (χ4v) is 1.77. The van der Waals surface area contributed by atoms with E-state index < -0.39 is 5.91 Å². The molecule has 0 unspecified atom stereocenters. The summed E-state index contributed by atoms with van der Waals surface area (Å²) in [4.78, 5) is 36.4. The van der Waals surface area contributed by atoms with Crippen LogP contribution in [0.1, 0.15) is 41.5 Å². The summed E-state index contributed by atoms with van der Waals surface area (Å²) in [5, 5.41) is 2.78. The Bertz CT molecular complexity index is 562. The van der Waals surface area contributed by atoms with Crippen molar-refractivity contribution in [2.24, 2.45) is 5.73 Å². The van der Waals surface area contributed by atoms with Crippen molar-refractivity contribution >= 4 is 17.7 Å². The van der Waals surface area contributed by atoms with Crippen LogP contribution in [0.5, 0.6) is 0 Å². The van der Waals surface area contributed by atoms with Gasteiger partial charge in [-0.05, 0) is 39.0 Å². The number of benzene rings is 1. The third-order valence-electron chi connectivity index (χ3n) is 2.64. The molecule has 0 saturated heterocycles. The summed E-state index contributed by atoms with van der Waals surface area (Å²) < 4.78 is 0. The van der Waals surface area contributed by atoms with Crippen molar-refractivity contribution in [3.05, 3.63) is 35.4 Å². The van der Waals surface area contributed by atoms with Gasteiger partial charge in [-0.3, -0.25) is 14.4 Å². The van der Waals surface area contributed by atoms with Crippen LogP contribution in [0.25, 0.3) is 0 Å². The van der Waals surface area contributed by atoms with Gasteiger partial charge in [0.05, 0.1) is 6.54 Å². The Labute approximate surface area is 124 Å². The number of nitrogens with zero attached hydrogens (tertiary/aromatic N) is 1.